The summed E-state index contributed by atoms with van der Waals surface area (Å²) in [6.45, 7) is 8.15. The average molecular weight is 486 g/mol. The fourth-order valence-corrected chi connectivity index (χ4v) is 3.75. The molecule has 8 heteroatoms. The van der Waals surface area contributed by atoms with Gasteiger partial charge in [-0.15, -0.1) is 0 Å². The number of ether oxygens (including phenoxy) is 3. The van der Waals surface area contributed by atoms with E-state index in [1.807, 2.05) is 51.1 Å². The van der Waals surface area contributed by atoms with Crippen LogP contribution in [-0.4, -0.2) is 65.4 Å². The second-order valence-corrected chi connectivity index (χ2v) is 8.65. The van der Waals surface area contributed by atoms with Crippen molar-refractivity contribution in [1.29, 1.82) is 0 Å². The highest BCUT2D eigenvalue weighted by atomic mass is 19.1. The van der Waals surface area contributed by atoms with Gasteiger partial charge in [0.05, 0.1) is 42.4 Å². The summed E-state index contributed by atoms with van der Waals surface area (Å²) in [7, 11) is 1.65. The monoisotopic (exact) mass is 485 g/mol. The zero-order valence-electron chi connectivity index (χ0n) is 21.0. The summed E-state index contributed by atoms with van der Waals surface area (Å²) in [5, 5.41) is 15.4. The Morgan fingerprint density at radius 1 is 1.11 bits per heavy atom. The van der Waals surface area contributed by atoms with Gasteiger partial charge in [0, 0.05) is 32.8 Å². The van der Waals surface area contributed by atoms with Gasteiger partial charge in [0.25, 0.3) is 0 Å². The number of aliphatic hydroxyl groups excluding tert-OH is 1. The molecule has 0 saturated carbocycles. The Hall–Kier alpha value is -2.78. The Kier molecular flexibility index (Phi) is 10.2. The lowest BCUT2D eigenvalue weighted by Crippen LogP contribution is -2.37. The highest BCUT2D eigenvalue weighted by Gasteiger charge is 2.24. The molecule has 0 radical (unpaired) electrons. The molecule has 0 fully saturated rings. The van der Waals surface area contributed by atoms with E-state index in [9.17, 15) is 9.50 Å². The molecule has 0 aliphatic rings. The molecule has 35 heavy (non-hydrogen) atoms. The van der Waals surface area contributed by atoms with E-state index >= 15 is 0 Å². The molecular weight excluding hydrogens is 449 g/mol. The van der Waals surface area contributed by atoms with Crippen molar-refractivity contribution < 1.29 is 23.7 Å². The molecule has 3 aromatic rings. The molecule has 0 amide bonds. The summed E-state index contributed by atoms with van der Waals surface area (Å²) in [6, 6.07) is 15.8. The highest BCUT2D eigenvalue weighted by molar-refractivity contribution is 5.43. The molecule has 1 aromatic heterocycles. The normalized spacial score (nSPS) is 12.5. The summed E-state index contributed by atoms with van der Waals surface area (Å²) in [4.78, 5) is 2.10. The number of benzene rings is 2. The molecule has 0 aliphatic heterocycles. The first-order chi connectivity index (χ1) is 16.9. The summed E-state index contributed by atoms with van der Waals surface area (Å²) in [6.07, 6.45) is 0.0708. The summed E-state index contributed by atoms with van der Waals surface area (Å²) in [5.74, 6) is 0.536. The highest BCUT2D eigenvalue weighted by Crippen LogP contribution is 2.32. The fraction of sp³-hybridized carbons (Fsp3) is 0.444. The Balaban J connectivity index is 1.97. The van der Waals surface area contributed by atoms with E-state index in [1.54, 1.807) is 23.9 Å². The molecule has 190 valence electrons. The Morgan fingerprint density at radius 2 is 1.89 bits per heavy atom. The van der Waals surface area contributed by atoms with Crippen LogP contribution in [0.15, 0.2) is 54.6 Å². The molecule has 1 heterocycles. The number of methoxy groups -OCH3 is 1. The van der Waals surface area contributed by atoms with Gasteiger partial charge in [-0.2, -0.15) is 5.10 Å². The maximum Gasteiger partial charge on any atom is 0.227 e. The van der Waals surface area contributed by atoms with Crippen LogP contribution in [0.4, 0.5) is 4.39 Å². The first kappa shape index (κ1) is 26.8. The fourth-order valence-electron chi connectivity index (χ4n) is 3.75. The third-order valence-corrected chi connectivity index (χ3v) is 5.45. The second kappa shape index (κ2) is 13.3. The summed E-state index contributed by atoms with van der Waals surface area (Å²) < 4.78 is 32.8. The van der Waals surface area contributed by atoms with E-state index in [0.717, 1.165) is 16.9 Å². The average Bonchev–Trinajstić information content (AvgIpc) is 3.18. The maximum absolute atomic E-state index is 13.9. The molecule has 1 N–H and O–H groups in total. The van der Waals surface area contributed by atoms with Gasteiger partial charge in [0.2, 0.25) is 5.88 Å². The maximum atomic E-state index is 13.9. The third-order valence-electron chi connectivity index (χ3n) is 5.45. The molecule has 1 unspecified atom stereocenters. The van der Waals surface area contributed by atoms with Crippen LogP contribution in [0.1, 0.15) is 32.0 Å². The first-order valence-corrected chi connectivity index (χ1v) is 12.0. The largest absolute Gasteiger partial charge is 0.438 e. The Bertz CT molecular complexity index is 1040. The number of para-hydroxylation sites is 1. The number of rotatable bonds is 14. The van der Waals surface area contributed by atoms with E-state index in [4.69, 9.17) is 19.3 Å². The van der Waals surface area contributed by atoms with E-state index in [0.29, 0.717) is 44.3 Å². The van der Waals surface area contributed by atoms with Crippen molar-refractivity contribution in [3.63, 3.8) is 0 Å². The van der Waals surface area contributed by atoms with Crippen molar-refractivity contribution >= 4 is 0 Å². The molecule has 0 saturated heterocycles. The minimum Gasteiger partial charge on any atom is -0.438 e. The number of hydrogen-bond donors (Lipinski definition) is 1. The van der Waals surface area contributed by atoms with E-state index in [2.05, 4.69) is 4.90 Å². The molecule has 3 rings (SSSR count). The predicted octanol–water partition coefficient (Wildman–Crippen LogP) is 4.60. The number of aliphatic hydroxyl groups is 1. The van der Waals surface area contributed by atoms with Gasteiger partial charge in [-0.05, 0) is 44.5 Å². The van der Waals surface area contributed by atoms with E-state index < -0.39 is 6.10 Å². The number of aromatic nitrogens is 2. The van der Waals surface area contributed by atoms with Crippen molar-refractivity contribution in [3.05, 3.63) is 71.7 Å². The SMILES string of the molecule is CCc1nn(-c2ccccc2)c(Oc2cccc(F)c2)c1CN(CCOC)CC(O)COC(C)C. The first-order valence-electron chi connectivity index (χ1n) is 12.0. The zero-order valence-corrected chi connectivity index (χ0v) is 21.0. The number of aryl methyl sites for hydroxylation is 1. The lowest BCUT2D eigenvalue weighted by atomic mass is 10.1. The summed E-state index contributed by atoms with van der Waals surface area (Å²) >= 11 is 0. The van der Waals surface area contributed by atoms with Gasteiger partial charge in [-0.3, -0.25) is 4.90 Å². The van der Waals surface area contributed by atoms with E-state index in [-0.39, 0.29) is 18.5 Å². The zero-order chi connectivity index (χ0) is 25.2. The second-order valence-electron chi connectivity index (χ2n) is 8.65. The standard InChI is InChI=1S/C27H36FN3O4/c1-5-26-25(18-30(14-15-33-4)17-23(32)19-34-20(2)3)27(35-24-13-9-10-21(28)16-24)31(29-26)22-11-7-6-8-12-22/h6-13,16,20,23,32H,5,14-15,17-19H2,1-4H3. The van der Waals surface area contributed by atoms with Gasteiger partial charge in [-0.1, -0.05) is 31.2 Å². The molecule has 0 aliphatic carbocycles. The van der Waals surface area contributed by atoms with Gasteiger partial charge < -0.3 is 19.3 Å². The topological polar surface area (TPSA) is 69.0 Å². The van der Waals surface area contributed by atoms with Crippen molar-refractivity contribution in [1.82, 2.24) is 14.7 Å². The molecule has 0 spiro atoms. The van der Waals surface area contributed by atoms with Gasteiger partial charge in [0.15, 0.2) is 0 Å². The van der Waals surface area contributed by atoms with Crippen LogP contribution in [-0.2, 0) is 22.4 Å². The Morgan fingerprint density at radius 3 is 2.54 bits per heavy atom. The lowest BCUT2D eigenvalue weighted by Gasteiger charge is -2.25. The van der Waals surface area contributed by atoms with Crippen molar-refractivity contribution in [2.45, 2.75) is 45.9 Å². The Labute approximate surface area is 207 Å². The van der Waals surface area contributed by atoms with Crippen molar-refractivity contribution in [2.75, 3.05) is 33.4 Å². The molecular formula is C27H36FN3O4. The van der Waals surface area contributed by atoms with Crippen LogP contribution in [0.3, 0.4) is 0 Å². The molecule has 1 atom stereocenters. The lowest BCUT2D eigenvalue weighted by molar-refractivity contribution is -0.0122. The van der Waals surface area contributed by atoms with Gasteiger partial charge >= 0.3 is 0 Å². The number of halogens is 1. The predicted molar refractivity (Wildman–Crippen MR) is 134 cm³/mol. The van der Waals surface area contributed by atoms with Gasteiger partial charge in [0.1, 0.15) is 11.6 Å². The van der Waals surface area contributed by atoms with Crippen LogP contribution in [0.5, 0.6) is 11.6 Å². The third kappa shape index (κ3) is 7.86. The van der Waals surface area contributed by atoms with E-state index in [1.165, 1.54) is 12.1 Å². The molecule has 7 nitrogen and oxygen atoms in total. The smallest absolute Gasteiger partial charge is 0.227 e. The van der Waals surface area contributed by atoms with Crippen LogP contribution in [0.2, 0.25) is 0 Å². The number of nitrogens with zero attached hydrogens (tertiary/aromatic N) is 3. The minimum atomic E-state index is -0.656. The van der Waals surface area contributed by atoms with Crippen LogP contribution >= 0.6 is 0 Å². The van der Waals surface area contributed by atoms with Crippen LogP contribution in [0, 0.1) is 5.82 Å². The molecule has 2 aromatic carbocycles. The van der Waals surface area contributed by atoms with Crippen LogP contribution < -0.4 is 4.74 Å². The quantitative estimate of drug-likeness (QED) is 0.360. The summed E-state index contributed by atoms with van der Waals surface area (Å²) in [5.41, 5.74) is 2.60. The number of hydrogen-bond acceptors (Lipinski definition) is 6. The van der Waals surface area contributed by atoms with Crippen LogP contribution in [0.25, 0.3) is 5.69 Å². The van der Waals surface area contributed by atoms with Crippen molar-refractivity contribution in [3.8, 4) is 17.3 Å². The molecule has 0 bridgehead atoms. The van der Waals surface area contributed by atoms with Gasteiger partial charge in [-0.25, -0.2) is 9.07 Å². The van der Waals surface area contributed by atoms with Crippen molar-refractivity contribution in [2.24, 2.45) is 0 Å². The minimum absolute atomic E-state index is 0.0409.